The van der Waals surface area contributed by atoms with E-state index in [2.05, 4.69) is 31.3 Å². The van der Waals surface area contributed by atoms with Gasteiger partial charge in [0, 0.05) is 30.2 Å². The number of amides is 2. The summed E-state index contributed by atoms with van der Waals surface area (Å²) in [6, 6.07) is 4.10. The molecule has 0 aliphatic carbocycles. The third kappa shape index (κ3) is 7.01. The van der Waals surface area contributed by atoms with Crippen molar-refractivity contribution in [1.82, 2.24) is 40.2 Å². The molecule has 0 saturated carbocycles. The zero-order valence-electron chi connectivity index (χ0n) is 19.0. The molecule has 0 spiro atoms. The van der Waals surface area contributed by atoms with E-state index in [0.717, 1.165) is 0 Å². The van der Waals surface area contributed by atoms with Crippen molar-refractivity contribution >= 4 is 29.2 Å². The number of carbonyl (C=O) groups excluding carboxylic acids is 2. The number of hydrogen-bond donors (Lipinski definition) is 2. The van der Waals surface area contributed by atoms with Crippen molar-refractivity contribution in [2.45, 2.75) is 38.4 Å². The molecule has 0 radical (unpaired) electrons. The molecule has 0 bridgehead atoms. The Morgan fingerprint density at radius 1 is 1.06 bits per heavy atom. The lowest BCUT2D eigenvalue weighted by Crippen LogP contribution is -2.57. The smallest absolute Gasteiger partial charge is 0.273 e. The van der Waals surface area contributed by atoms with Crippen LogP contribution in [0.15, 0.2) is 30.6 Å². The van der Waals surface area contributed by atoms with Gasteiger partial charge >= 0.3 is 0 Å². The van der Waals surface area contributed by atoms with Crippen molar-refractivity contribution in [3.63, 3.8) is 0 Å². The fourth-order valence-electron chi connectivity index (χ4n) is 3.57. The summed E-state index contributed by atoms with van der Waals surface area (Å²) >= 11 is 5.85. The van der Waals surface area contributed by atoms with E-state index < -0.39 is 36.6 Å². The molecule has 2 aromatic heterocycles. The Kier molecular flexibility index (Phi) is 7.84. The maximum atomic E-state index is 13.8. The average Bonchev–Trinajstić information content (AvgIpc) is 3.45. The number of carbonyl (C=O) groups is 2. The van der Waals surface area contributed by atoms with E-state index in [9.17, 15) is 22.8 Å². The van der Waals surface area contributed by atoms with Gasteiger partial charge in [-0.2, -0.15) is 0 Å². The van der Waals surface area contributed by atoms with Gasteiger partial charge in [0.05, 0.1) is 32.0 Å². The van der Waals surface area contributed by atoms with Crippen LogP contribution in [0.1, 0.15) is 28.9 Å². The highest BCUT2D eigenvalue weighted by atomic mass is 35.5. The Morgan fingerprint density at radius 3 is 2.47 bits per heavy atom. The first kappa shape index (κ1) is 25.6. The molecule has 1 fully saturated rings. The van der Waals surface area contributed by atoms with Crippen molar-refractivity contribution < 1.29 is 22.8 Å². The van der Waals surface area contributed by atoms with Gasteiger partial charge in [0.2, 0.25) is 5.91 Å². The minimum absolute atomic E-state index is 0.0351. The number of likely N-dealkylation sites (tertiary alicyclic amines) is 1. The monoisotopic (exact) mass is 525 g/mol. The van der Waals surface area contributed by atoms with E-state index in [0.29, 0.717) is 31.0 Å². The number of rotatable bonds is 11. The minimum atomic E-state index is -2.72. The Morgan fingerprint density at radius 2 is 1.75 bits per heavy atom. The lowest BCUT2D eigenvalue weighted by atomic mass is 10.1. The number of benzene rings is 1. The van der Waals surface area contributed by atoms with Gasteiger partial charge in [-0.3, -0.25) is 23.9 Å². The van der Waals surface area contributed by atoms with Crippen LogP contribution >= 0.6 is 11.6 Å². The first-order chi connectivity index (χ1) is 17.2. The molecule has 1 aliphatic heterocycles. The van der Waals surface area contributed by atoms with Crippen LogP contribution < -0.4 is 10.6 Å². The van der Waals surface area contributed by atoms with Gasteiger partial charge in [-0.15, -0.1) is 10.2 Å². The van der Waals surface area contributed by atoms with Gasteiger partial charge in [0.25, 0.3) is 11.8 Å². The Labute approximate surface area is 208 Å². The normalized spacial score (nSPS) is 14.9. The van der Waals surface area contributed by atoms with E-state index in [1.54, 1.807) is 10.9 Å². The zero-order chi connectivity index (χ0) is 25.7. The highest BCUT2D eigenvalue weighted by molar-refractivity contribution is 6.30. The minimum Gasteiger partial charge on any atom is -0.346 e. The van der Waals surface area contributed by atoms with Crippen LogP contribution in [-0.4, -0.2) is 72.3 Å². The molecule has 36 heavy (non-hydrogen) atoms. The number of unbranched alkanes of at least 4 members (excludes halogenated alkanes) is 1. The second-order valence-electron chi connectivity index (χ2n) is 8.41. The maximum absolute atomic E-state index is 13.8. The summed E-state index contributed by atoms with van der Waals surface area (Å²) in [6.45, 7) is 0.0169. The second-order valence-corrected chi connectivity index (χ2v) is 8.84. The summed E-state index contributed by atoms with van der Waals surface area (Å²) in [4.78, 5) is 25.5. The molecule has 3 aromatic rings. The number of aryl methyl sites for hydroxylation is 2. The summed E-state index contributed by atoms with van der Waals surface area (Å²) < 4.78 is 42.5. The van der Waals surface area contributed by atoms with Crippen molar-refractivity contribution in [2.75, 3.05) is 25.0 Å². The molecule has 1 aliphatic rings. The lowest BCUT2D eigenvalue weighted by Gasteiger charge is -2.37. The quantitative estimate of drug-likeness (QED) is 0.367. The van der Waals surface area contributed by atoms with Gasteiger partial charge in [-0.1, -0.05) is 22.0 Å². The molecule has 192 valence electrons. The van der Waals surface area contributed by atoms with Crippen LogP contribution in [0.5, 0.6) is 0 Å². The maximum Gasteiger partial charge on any atom is 0.273 e. The molecule has 2 amide bonds. The highest BCUT2D eigenvalue weighted by Crippen LogP contribution is 2.26. The van der Waals surface area contributed by atoms with Crippen LogP contribution in [-0.2, 0) is 24.4 Å². The topological polar surface area (TPSA) is 123 Å². The number of alkyl halides is 2. The summed E-state index contributed by atoms with van der Waals surface area (Å²) in [6.07, 6.45) is 4.46. The standard InChI is InChI=1S/C21H23ClF3N9O2/c22-15-3-4-16(23)14(7-15)8-26-20(36)17-9-33(30-28-17)5-1-2-6-34-10-18(29-31-34)27-19(35)11-32-12-21(24,25)13-32/h3-4,7,9-10H,1-2,5-6,8,11-13H2,(H,26,36)(H,27,35). The largest absolute Gasteiger partial charge is 0.346 e. The first-order valence-electron chi connectivity index (χ1n) is 11.1. The Hall–Kier alpha value is -3.52. The second kappa shape index (κ2) is 11.0. The molecule has 11 nitrogen and oxygen atoms in total. The fraction of sp³-hybridized carbons (Fsp3) is 0.429. The van der Waals surface area contributed by atoms with Crippen molar-refractivity contribution in [1.29, 1.82) is 0 Å². The number of halogens is 4. The number of nitrogens with one attached hydrogen (secondary N) is 2. The van der Waals surface area contributed by atoms with Gasteiger partial charge in [0.1, 0.15) is 5.82 Å². The first-order valence-corrected chi connectivity index (χ1v) is 11.5. The summed E-state index contributed by atoms with van der Waals surface area (Å²) in [5.74, 6) is -3.86. The van der Waals surface area contributed by atoms with Gasteiger partial charge in [-0.05, 0) is 31.0 Å². The van der Waals surface area contributed by atoms with E-state index >= 15 is 0 Å². The van der Waals surface area contributed by atoms with Gasteiger partial charge < -0.3 is 10.6 Å². The molecule has 4 rings (SSSR count). The highest BCUT2D eigenvalue weighted by Gasteiger charge is 2.44. The predicted octanol–water partition coefficient (Wildman–Crippen LogP) is 1.96. The summed E-state index contributed by atoms with van der Waals surface area (Å²) in [5, 5.41) is 21.0. The van der Waals surface area contributed by atoms with Crippen LogP contribution in [0.4, 0.5) is 19.0 Å². The van der Waals surface area contributed by atoms with Crippen LogP contribution in [0.25, 0.3) is 0 Å². The predicted molar refractivity (Wildman–Crippen MR) is 122 cm³/mol. The van der Waals surface area contributed by atoms with E-state index in [4.69, 9.17) is 11.6 Å². The lowest BCUT2D eigenvalue weighted by molar-refractivity contribution is -0.141. The number of nitrogens with zero attached hydrogens (tertiary/aromatic N) is 7. The molecular weight excluding hydrogens is 503 g/mol. The molecule has 3 heterocycles. The molecule has 1 aromatic carbocycles. The van der Waals surface area contributed by atoms with Crippen LogP contribution in [0.2, 0.25) is 5.02 Å². The number of anilines is 1. The average molecular weight is 526 g/mol. The molecule has 15 heteroatoms. The SMILES string of the molecule is O=C(CN1CC(F)(F)C1)Nc1cn(CCCCn2cc(C(=O)NCc3cc(Cl)ccc3F)nn2)nn1. The van der Waals surface area contributed by atoms with Gasteiger partial charge in [0.15, 0.2) is 11.5 Å². The van der Waals surface area contributed by atoms with Gasteiger partial charge in [-0.25, -0.2) is 13.2 Å². The molecule has 0 atom stereocenters. The third-order valence-electron chi connectivity index (χ3n) is 5.33. The van der Waals surface area contributed by atoms with E-state index in [1.165, 1.54) is 34.0 Å². The molecular formula is C21H23ClF3N9O2. The van der Waals surface area contributed by atoms with E-state index in [-0.39, 0.29) is 30.2 Å². The number of aromatic nitrogens is 6. The molecule has 2 N–H and O–H groups in total. The molecule has 1 saturated heterocycles. The fourth-order valence-corrected chi connectivity index (χ4v) is 3.77. The summed E-state index contributed by atoms with van der Waals surface area (Å²) in [5.41, 5.74) is 0.371. The van der Waals surface area contributed by atoms with Crippen molar-refractivity contribution in [3.8, 4) is 0 Å². The molecule has 0 unspecified atom stereocenters. The van der Waals surface area contributed by atoms with Crippen LogP contribution in [0.3, 0.4) is 0 Å². The third-order valence-corrected chi connectivity index (χ3v) is 5.56. The zero-order valence-corrected chi connectivity index (χ0v) is 19.8. The van der Waals surface area contributed by atoms with Crippen molar-refractivity contribution in [2.24, 2.45) is 0 Å². The number of hydrogen-bond acceptors (Lipinski definition) is 7. The van der Waals surface area contributed by atoms with Crippen molar-refractivity contribution in [3.05, 3.63) is 52.7 Å². The van der Waals surface area contributed by atoms with Crippen LogP contribution in [0, 0.1) is 5.82 Å². The Bertz CT molecular complexity index is 1220. The Balaban J connectivity index is 1.14. The van der Waals surface area contributed by atoms with E-state index in [1.807, 2.05) is 0 Å². The summed E-state index contributed by atoms with van der Waals surface area (Å²) in [7, 11) is 0.